The molecule has 2 aromatic rings. The maximum atomic E-state index is 12.8. The molecule has 2 aliphatic rings. The first kappa shape index (κ1) is 20.1. The zero-order chi connectivity index (χ0) is 20.6. The molecule has 4 rings (SSSR count). The first-order valence-electron chi connectivity index (χ1n) is 10.3. The Labute approximate surface area is 173 Å². The summed E-state index contributed by atoms with van der Waals surface area (Å²) in [7, 11) is -3.58. The molecule has 154 valence electrons. The fraction of sp³-hybridized carbons (Fsp3) is 0.435. The van der Waals surface area contributed by atoms with Gasteiger partial charge in [-0.1, -0.05) is 24.1 Å². The van der Waals surface area contributed by atoms with Crippen molar-refractivity contribution < 1.29 is 13.2 Å². The highest BCUT2D eigenvalue weighted by Crippen LogP contribution is 2.49. The molecule has 5 nitrogen and oxygen atoms in total. The fourth-order valence-electron chi connectivity index (χ4n) is 4.93. The Bertz CT molecular complexity index is 984. The monoisotopic (exact) mass is 412 g/mol. The van der Waals surface area contributed by atoms with Gasteiger partial charge < -0.3 is 5.32 Å². The van der Waals surface area contributed by atoms with Crippen LogP contribution in [0.3, 0.4) is 0 Å². The number of anilines is 1. The molecular formula is C23H28N2O3S. The van der Waals surface area contributed by atoms with Gasteiger partial charge in [-0.05, 0) is 87.3 Å². The van der Waals surface area contributed by atoms with Crippen LogP contribution in [0.25, 0.3) is 0 Å². The summed E-state index contributed by atoms with van der Waals surface area (Å²) in [5.74, 6) is 1.67. The van der Waals surface area contributed by atoms with E-state index < -0.39 is 10.0 Å². The second kappa shape index (κ2) is 7.92. The number of benzene rings is 2. The van der Waals surface area contributed by atoms with Crippen molar-refractivity contribution >= 4 is 21.6 Å². The van der Waals surface area contributed by atoms with Gasteiger partial charge in [0.2, 0.25) is 10.0 Å². The van der Waals surface area contributed by atoms with Crippen molar-refractivity contribution in [1.82, 2.24) is 4.72 Å². The molecule has 2 saturated carbocycles. The summed E-state index contributed by atoms with van der Waals surface area (Å²) in [5, 5.41) is 2.81. The molecule has 29 heavy (non-hydrogen) atoms. The van der Waals surface area contributed by atoms with E-state index in [2.05, 4.69) is 10.0 Å². The Morgan fingerprint density at radius 3 is 2.28 bits per heavy atom. The Kier molecular flexibility index (Phi) is 5.49. The number of rotatable bonds is 6. The van der Waals surface area contributed by atoms with Crippen LogP contribution in [0.1, 0.15) is 48.5 Å². The second-order valence-corrected chi connectivity index (χ2v) is 10.3. The van der Waals surface area contributed by atoms with Crippen LogP contribution in [0.15, 0.2) is 53.4 Å². The number of nitrogens with one attached hydrogen (secondary N) is 2. The summed E-state index contributed by atoms with van der Waals surface area (Å²) < 4.78 is 28.5. The lowest BCUT2D eigenvalue weighted by Crippen LogP contribution is -2.40. The standard InChI is InChI=1S/C23H28N2O3S/c1-15-3-6-18(7-4-15)23(26)24-20-9-11-21(12-10-20)29(27,28)25-16(2)22-14-17-5-8-19(22)13-17/h3-4,6-7,9-12,16-17,19,22,25H,5,8,13-14H2,1-2H3,(H,24,26)/t16-,17-,19-,22-/m1/s1. The van der Waals surface area contributed by atoms with E-state index in [9.17, 15) is 13.2 Å². The van der Waals surface area contributed by atoms with E-state index in [1.165, 1.54) is 19.3 Å². The molecule has 6 heteroatoms. The van der Waals surface area contributed by atoms with Crippen LogP contribution in [0.2, 0.25) is 0 Å². The predicted octanol–water partition coefficient (Wildman–Crippen LogP) is 4.35. The minimum absolute atomic E-state index is 0.0591. The van der Waals surface area contributed by atoms with Crippen LogP contribution < -0.4 is 10.0 Å². The third-order valence-corrected chi connectivity index (χ3v) is 8.09. The van der Waals surface area contributed by atoms with Gasteiger partial charge in [0, 0.05) is 17.3 Å². The number of carbonyl (C=O) groups excluding carboxylic acids is 1. The van der Waals surface area contributed by atoms with E-state index in [0.717, 1.165) is 17.9 Å². The van der Waals surface area contributed by atoms with Crippen LogP contribution >= 0.6 is 0 Å². The van der Waals surface area contributed by atoms with Crippen LogP contribution in [-0.2, 0) is 10.0 Å². The highest BCUT2D eigenvalue weighted by molar-refractivity contribution is 7.89. The molecule has 0 unspecified atom stereocenters. The molecule has 2 fully saturated rings. The Morgan fingerprint density at radius 1 is 1.00 bits per heavy atom. The van der Waals surface area contributed by atoms with Crippen molar-refractivity contribution in [1.29, 1.82) is 0 Å². The lowest BCUT2D eigenvalue weighted by atomic mass is 9.84. The summed E-state index contributed by atoms with van der Waals surface area (Å²) >= 11 is 0. The maximum absolute atomic E-state index is 12.8. The Balaban J connectivity index is 1.40. The van der Waals surface area contributed by atoms with Gasteiger partial charge in [0.1, 0.15) is 0 Å². The second-order valence-electron chi connectivity index (χ2n) is 8.59. The highest BCUT2D eigenvalue weighted by Gasteiger charge is 2.42. The third-order valence-electron chi connectivity index (χ3n) is 6.51. The van der Waals surface area contributed by atoms with E-state index in [4.69, 9.17) is 0 Å². The molecule has 0 aliphatic heterocycles. The maximum Gasteiger partial charge on any atom is 0.255 e. The third kappa shape index (κ3) is 4.38. The average Bonchev–Trinajstić information content (AvgIpc) is 3.32. The molecule has 2 bridgehead atoms. The molecule has 0 spiro atoms. The van der Waals surface area contributed by atoms with Crippen LogP contribution in [0, 0.1) is 24.7 Å². The van der Waals surface area contributed by atoms with E-state index in [0.29, 0.717) is 23.1 Å². The van der Waals surface area contributed by atoms with Gasteiger partial charge in [-0.3, -0.25) is 4.79 Å². The molecule has 2 N–H and O–H groups in total. The number of amides is 1. The minimum Gasteiger partial charge on any atom is -0.322 e. The van der Waals surface area contributed by atoms with Gasteiger partial charge in [-0.25, -0.2) is 13.1 Å². The van der Waals surface area contributed by atoms with E-state index in [1.54, 1.807) is 36.4 Å². The first-order chi connectivity index (χ1) is 13.8. The molecule has 1 amide bonds. The molecule has 4 atom stereocenters. The zero-order valence-electron chi connectivity index (χ0n) is 16.9. The number of carbonyl (C=O) groups is 1. The SMILES string of the molecule is Cc1ccc(C(=O)Nc2ccc(S(=O)(=O)N[C@H](C)[C@H]3C[C@@H]4CC[C@@H]3C4)cc2)cc1. The fourth-order valence-corrected chi connectivity index (χ4v) is 6.23. The average molecular weight is 413 g/mol. The molecule has 0 aromatic heterocycles. The van der Waals surface area contributed by atoms with Crippen molar-refractivity contribution in [3.8, 4) is 0 Å². The Morgan fingerprint density at radius 2 is 1.69 bits per heavy atom. The number of aryl methyl sites for hydroxylation is 1. The molecule has 2 aliphatic carbocycles. The van der Waals surface area contributed by atoms with Gasteiger partial charge in [0.25, 0.3) is 5.91 Å². The minimum atomic E-state index is -3.58. The topological polar surface area (TPSA) is 75.3 Å². The Hall–Kier alpha value is -2.18. The van der Waals surface area contributed by atoms with Crippen molar-refractivity contribution in [3.63, 3.8) is 0 Å². The smallest absolute Gasteiger partial charge is 0.255 e. The van der Waals surface area contributed by atoms with Gasteiger partial charge in [0.15, 0.2) is 0 Å². The largest absolute Gasteiger partial charge is 0.322 e. The summed E-state index contributed by atoms with van der Waals surface area (Å²) in [6.07, 6.45) is 4.93. The normalized spacial score (nSPS) is 24.4. The van der Waals surface area contributed by atoms with Crippen LogP contribution in [0.5, 0.6) is 0 Å². The van der Waals surface area contributed by atoms with Gasteiger partial charge in [-0.2, -0.15) is 0 Å². The van der Waals surface area contributed by atoms with E-state index in [1.807, 2.05) is 26.0 Å². The van der Waals surface area contributed by atoms with Gasteiger partial charge >= 0.3 is 0 Å². The number of hydrogen-bond acceptors (Lipinski definition) is 3. The first-order valence-corrected chi connectivity index (χ1v) is 11.8. The number of sulfonamides is 1. The van der Waals surface area contributed by atoms with Crippen molar-refractivity contribution in [2.45, 2.75) is 50.5 Å². The van der Waals surface area contributed by atoms with Crippen LogP contribution in [0.4, 0.5) is 5.69 Å². The van der Waals surface area contributed by atoms with Crippen molar-refractivity contribution in [2.75, 3.05) is 5.32 Å². The van der Waals surface area contributed by atoms with Crippen molar-refractivity contribution in [3.05, 3.63) is 59.7 Å². The van der Waals surface area contributed by atoms with Gasteiger partial charge in [-0.15, -0.1) is 0 Å². The molecule has 0 radical (unpaired) electrons. The van der Waals surface area contributed by atoms with E-state index >= 15 is 0 Å². The number of fused-ring (bicyclic) bond motifs is 2. The predicted molar refractivity (Wildman–Crippen MR) is 114 cm³/mol. The summed E-state index contributed by atoms with van der Waals surface area (Å²) in [5.41, 5.74) is 2.22. The lowest BCUT2D eigenvalue weighted by Gasteiger charge is -2.28. The lowest BCUT2D eigenvalue weighted by molar-refractivity contribution is 0.102. The van der Waals surface area contributed by atoms with Gasteiger partial charge in [0.05, 0.1) is 4.90 Å². The van der Waals surface area contributed by atoms with Crippen LogP contribution in [-0.4, -0.2) is 20.4 Å². The van der Waals surface area contributed by atoms with E-state index in [-0.39, 0.29) is 16.8 Å². The molecule has 0 heterocycles. The molecule has 2 aromatic carbocycles. The number of hydrogen-bond donors (Lipinski definition) is 2. The summed E-state index contributed by atoms with van der Waals surface area (Å²) in [6, 6.07) is 13.6. The summed E-state index contributed by atoms with van der Waals surface area (Å²) in [4.78, 5) is 12.5. The highest BCUT2D eigenvalue weighted by atomic mass is 32.2. The summed E-state index contributed by atoms with van der Waals surface area (Å²) in [6.45, 7) is 3.95. The van der Waals surface area contributed by atoms with Crippen molar-refractivity contribution in [2.24, 2.45) is 17.8 Å². The molecular weight excluding hydrogens is 384 g/mol. The quantitative estimate of drug-likeness (QED) is 0.741. The zero-order valence-corrected chi connectivity index (χ0v) is 17.7. The molecule has 0 saturated heterocycles.